The molecule has 0 unspecified atom stereocenters. The molecule has 0 amide bonds. The first-order chi connectivity index (χ1) is 9.13. The highest BCUT2D eigenvalue weighted by molar-refractivity contribution is 7.91. The summed E-state index contributed by atoms with van der Waals surface area (Å²) in [5, 5.41) is 7.72. The van der Waals surface area contributed by atoms with Gasteiger partial charge in [0.1, 0.15) is 5.82 Å². The highest BCUT2D eigenvalue weighted by Crippen LogP contribution is 2.39. The van der Waals surface area contributed by atoms with E-state index < -0.39 is 38.9 Å². The number of fused-ring (bicyclic) bond motifs is 1. The van der Waals surface area contributed by atoms with Crippen LogP contribution in [0.5, 0.6) is 0 Å². The zero-order chi connectivity index (χ0) is 15.1. The van der Waals surface area contributed by atoms with Crippen molar-refractivity contribution in [3.8, 4) is 0 Å². The van der Waals surface area contributed by atoms with E-state index in [0.717, 1.165) is 0 Å². The van der Waals surface area contributed by atoms with E-state index in [9.17, 15) is 26.0 Å². The molecule has 1 aromatic rings. The van der Waals surface area contributed by atoms with E-state index in [1.807, 2.05) is 0 Å². The van der Waals surface area contributed by atoms with Gasteiger partial charge in [-0.15, -0.1) is 0 Å². The van der Waals surface area contributed by atoms with Crippen LogP contribution < -0.4 is 0 Å². The smallest absolute Gasteiger partial charge is 0.383 e. The van der Waals surface area contributed by atoms with E-state index in [-0.39, 0.29) is 24.0 Å². The first kappa shape index (κ1) is 15.2. The second-order valence-electron chi connectivity index (χ2n) is 4.72. The van der Waals surface area contributed by atoms with Gasteiger partial charge >= 0.3 is 6.18 Å². The monoisotopic (exact) mass is 312 g/mol. The minimum Gasteiger partial charge on any atom is -0.383 e. The van der Waals surface area contributed by atoms with Gasteiger partial charge in [-0.05, 0) is 30.0 Å². The van der Waals surface area contributed by atoms with Crippen LogP contribution in [0.1, 0.15) is 22.8 Å². The third-order valence-corrected chi connectivity index (χ3v) is 5.50. The van der Waals surface area contributed by atoms with Crippen LogP contribution in [0.4, 0.5) is 17.6 Å². The molecule has 0 radical (unpaired) electrons. The van der Waals surface area contributed by atoms with Crippen molar-refractivity contribution in [3.05, 3.63) is 35.1 Å². The Morgan fingerprint density at radius 1 is 1.35 bits per heavy atom. The summed E-state index contributed by atoms with van der Waals surface area (Å²) in [4.78, 5) is 0. The molecule has 0 aliphatic heterocycles. The Morgan fingerprint density at radius 3 is 2.60 bits per heavy atom. The highest BCUT2D eigenvalue weighted by atomic mass is 32.2. The minimum atomic E-state index is -4.99. The number of hydrogen-bond acceptors (Lipinski definition) is 3. The molecule has 0 spiro atoms. The number of alkyl halides is 3. The predicted octanol–water partition coefficient (Wildman–Crippen LogP) is 2.15. The molecule has 2 rings (SSSR count). The van der Waals surface area contributed by atoms with E-state index in [2.05, 4.69) is 0 Å². The van der Waals surface area contributed by atoms with Gasteiger partial charge in [-0.1, -0.05) is 12.1 Å². The third-order valence-electron chi connectivity index (χ3n) is 3.36. The summed E-state index contributed by atoms with van der Waals surface area (Å²) >= 11 is 0. The molecule has 0 saturated heterocycles. The number of aliphatic hydroxyl groups excluding tert-OH is 1. The minimum absolute atomic E-state index is 0.0309. The molecule has 0 bridgehead atoms. The number of hydrogen-bond donors (Lipinski definition) is 1. The van der Waals surface area contributed by atoms with Crippen molar-refractivity contribution in [3.63, 3.8) is 0 Å². The van der Waals surface area contributed by atoms with E-state index in [0.29, 0.717) is 0 Å². The Morgan fingerprint density at radius 2 is 2.00 bits per heavy atom. The van der Waals surface area contributed by atoms with Gasteiger partial charge in [0.25, 0.3) is 0 Å². The molecule has 1 N–H and O–H groups in total. The Bertz CT molecular complexity index is 610. The first-order valence-electron chi connectivity index (χ1n) is 5.86. The molecular formula is C12H12F4O3S. The molecule has 112 valence electrons. The third kappa shape index (κ3) is 2.80. The molecule has 0 heterocycles. The lowest BCUT2D eigenvalue weighted by Crippen LogP contribution is -2.36. The summed E-state index contributed by atoms with van der Waals surface area (Å²) in [7, 11) is -4.21. The van der Waals surface area contributed by atoms with Crippen LogP contribution >= 0.6 is 0 Å². The fourth-order valence-electron chi connectivity index (χ4n) is 2.38. The normalized spacial score (nSPS) is 20.8. The van der Waals surface area contributed by atoms with Crippen LogP contribution in [0.3, 0.4) is 0 Å². The maximum Gasteiger partial charge on any atom is 0.415 e. The molecule has 2 atom stereocenters. The van der Waals surface area contributed by atoms with Crippen molar-refractivity contribution >= 4 is 9.84 Å². The fraction of sp³-hybridized carbons (Fsp3) is 0.500. The number of sulfone groups is 1. The molecular weight excluding hydrogens is 300 g/mol. The summed E-state index contributed by atoms with van der Waals surface area (Å²) < 4.78 is 74.2. The van der Waals surface area contributed by atoms with E-state index >= 15 is 0 Å². The first-order valence-corrected chi connectivity index (χ1v) is 7.58. The molecule has 8 heteroatoms. The van der Waals surface area contributed by atoms with Crippen LogP contribution in [0.15, 0.2) is 18.2 Å². The van der Waals surface area contributed by atoms with Gasteiger partial charge < -0.3 is 5.11 Å². The van der Waals surface area contributed by atoms with Gasteiger partial charge in [-0.3, -0.25) is 0 Å². The van der Waals surface area contributed by atoms with E-state index in [1.165, 1.54) is 18.2 Å². The molecule has 0 fully saturated rings. The topological polar surface area (TPSA) is 54.4 Å². The summed E-state index contributed by atoms with van der Waals surface area (Å²) in [6, 6.07) is 3.90. The van der Waals surface area contributed by atoms with Gasteiger partial charge in [0.05, 0.1) is 11.0 Å². The van der Waals surface area contributed by atoms with Gasteiger partial charge in [-0.2, -0.15) is 13.2 Å². The van der Waals surface area contributed by atoms with Crippen LogP contribution in [-0.2, 0) is 16.3 Å². The quantitative estimate of drug-likeness (QED) is 0.870. The average Bonchev–Trinajstić information content (AvgIpc) is 2.73. The number of benzene rings is 1. The van der Waals surface area contributed by atoms with Crippen molar-refractivity contribution in [1.29, 1.82) is 0 Å². The lowest BCUT2D eigenvalue weighted by molar-refractivity contribution is -0.196. The maximum atomic E-state index is 13.5. The van der Waals surface area contributed by atoms with Gasteiger partial charge in [0.15, 0.2) is 15.9 Å². The van der Waals surface area contributed by atoms with Crippen LogP contribution in [0.2, 0.25) is 0 Å². The fourth-order valence-corrected chi connectivity index (χ4v) is 4.32. The standard InChI is InChI=1S/C12H12F4O3S/c13-9-3-1-2-8-7(9)4-5-10(8)20(18,19)6-11(17)12(14,15)16/h1-3,10-11,17H,4-6H2/t10-,11-/m1/s1. The Kier molecular flexibility index (Phi) is 3.81. The van der Waals surface area contributed by atoms with Gasteiger partial charge in [-0.25, -0.2) is 12.8 Å². The molecule has 20 heavy (non-hydrogen) atoms. The highest BCUT2D eigenvalue weighted by Gasteiger charge is 2.44. The second-order valence-corrected chi connectivity index (χ2v) is 6.95. The zero-order valence-electron chi connectivity index (χ0n) is 10.2. The summed E-state index contributed by atoms with van der Waals surface area (Å²) in [6.07, 6.45) is -7.72. The Balaban J connectivity index is 2.28. The average molecular weight is 312 g/mol. The Hall–Kier alpha value is -1.15. The SMILES string of the molecule is O=S(=O)(C[C@@H](O)C(F)(F)F)[C@@H]1CCc2c(F)cccc21. The molecule has 1 aliphatic carbocycles. The van der Waals surface area contributed by atoms with Crippen molar-refractivity contribution in [2.24, 2.45) is 0 Å². The van der Waals surface area contributed by atoms with Crippen LogP contribution in [-0.4, -0.2) is 31.6 Å². The summed E-state index contributed by atoms with van der Waals surface area (Å²) in [6.45, 7) is 0. The Labute approximate surface area is 113 Å². The number of aliphatic hydroxyl groups is 1. The van der Waals surface area contributed by atoms with Crippen LogP contribution in [0, 0.1) is 5.82 Å². The van der Waals surface area contributed by atoms with Gasteiger partial charge in [0.2, 0.25) is 0 Å². The molecule has 1 aromatic carbocycles. The zero-order valence-corrected chi connectivity index (χ0v) is 11.0. The van der Waals surface area contributed by atoms with Crippen molar-refractivity contribution in [2.75, 3.05) is 5.75 Å². The second kappa shape index (κ2) is 5.00. The molecule has 0 saturated carbocycles. The lowest BCUT2D eigenvalue weighted by Gasteiger charge is -2.18. The summed E-state index contributed by atoms with van der Waals surface area (Å²) in [5.41, 5.74) is 0.418. The maximum absolute atomic E-state index is 13.5. The van der Waals surface area contributed by atoms with Gasteiger partial charge in [0, 0.05) is 0 Å². The molecule has 0 aromatic heterocycles. The van der Waals surface area contributed by atoms with Crippen molar-refractivity contribution < 1.29 is 31.1 Å². The van der Waals surface area contributed by atoms with Crippen LogP contribution in [0.25, 0.3) is 0 Å². The lowest BCUT2D eigenvalue weighted by atomic mass is 10.1. The molecule has 3 nitrogen and oxygen atoms in total. The van der Waals surface area contributed by atoms with Crippen molar-refractivity contribution in [2.45, 2.75) is 30.4 Å². The summed E-state index contributed by atoms with van der Waals surface area (Å²) in [5.74, 6) is -1.96. The van der Waals surface area contributed by atoms with E-state index in [1.54, 1.807) is 0 Å². The van der Waals surface area contributed by atoms with Crippen molar-refractivity contribution in [1.82, 2.24) is 0 Å². The largest absolute Gasteiger partial charge is 0.415 e. The van der Waals surface area contributed by atoms with E-state index in [4.69, 9.17) is 5.11 Å². The molecule has 1 aliphatic rings. The predicted molar refractivity (Wildman–Crippen MR) is 63.3 cm³/mol. The number of rotatable bonds is 3. The number of halogens is 4.